The predicted molar refractivity (Wildman–Crippen MR) is 101 cm³/mol. The number of benzene rings is 2. The van der Waals surface area contributed by atoms with Gasteiger partial charge in [0.25, 0.3) is 5.91 Å². The third-order valence-electron chi connectivity index (χ3n) is 3.95. The number of halogens is 2. The molecule has 3 rings (SSSR count). The van der Waals surface area contributed by atoms with Gasteiger partial charge in [-0.05, 0) is 49.7 Å². The van der Waals surface area contributed by atoms with Gasteiger partial charge in [0.05, 0.1) is 17.9 Å². The lowest BCUT2D eigenvalue weighted by Crippen LogP contribution is -2.40. The van der Waals surface area contributed by atoms with Gasteiger partial charge < -0.3 is 14.4 Å². The van der Waals surface area contributed by atoms with E-state index in [0.29, 0.717) is 52.4 Å². The number of rotatable bonds is 6. The quantitative estimate of drug-likeness (QED) is 0.539. The summed E-state index contributed by atoms with van der Waals surface area (Å²) >= 11 is 12.0. The van der Waals surface area contributed by atoms with Crippen molar-refractivity contribution in [2.24, 2.45) is 0 Å². The lowest BCUT2D eigenvalue weighted by atomic mass is 10.1. The molecule has 1 heterocycles. The molecule has 5 nitrogen and oxygen atoms in total. The molecule has 0 saturated carbocycles. The molecule has 1 aliphatic heterocycles. The van der Waals surface area contributed by atoms with E-state index in [2.05, 4.69) is 0 Å². The predicted octanol–water partition coefficient (Wildman–Crippen LogP) is 4.39. The molecule has 0 bridgehead atoms. The van der Waals surface area contributed by atoms with Gasteiger partial charge in [-0.1, -0.05) is 23.2 Å². The molecule has 0 saturated heterocycles. The van der Waals surface area contributed by atoms with Crippen molar-refractivity contribution < 1.29 is 19.1 Å². The fraction of sp³-hybridized carbons (Fsp3) is 0.263. The van der Waals surface area contributed by atoms with Gasteiger partial charge in [-0.15, -0.1) is 0 Å². The zero-order valence-corrected chi connectivity index (χ0v) is 15.6. The first-order valence-corrected chi connectivity index (χ1v) is 8.87. The van der Waals surface area contributed by atoms with Crippen molar-refractivity contribution in [2.45, 2.75) is 13.3 Å². The van der Waals surface area contributed by atoms with E-state index in [1.165, 1.54) is 6.92 Å². The summed E-state index contributed by atoms with van der Waals surface area (Å²) in [6.45, 7) is 2.20. The van der Waals surface area contributed by atoms with Crippen molar-refractivity contribution in [1.82, 2.24) is 0 Å². The van der Waals surface area contributed by atoms with Crippen molar-refractivity contribution in [2.75, 3.05) is 24.7 Å². The smallest absolute Gasteiger partial charge is 0.265 e. The molecule has 1 amide bonds. The molecule has 2 aromatic carbocycles. The summed E-state index contributed by atoms with van der Waals surface area (Å²) in [6.07, 6.45) is 0.607. The van der Waals surface area contributed by atoms with Gasteiger partial charge in [0.2, 0.25) is 0 Å². The van der Waals surface area contributed by atoms with Crippen LogP contribution >= 0.6 is 23.2 Å². The molecule has 0 spiro atoms. The maximum atomic E-state index is 12.3. The molecule has 136 valence electrons. The Morgan fingerprint density at radius 1 is 1.19 bits per heavy atom. The SMILES string of the molecule is CC(=O)c1cc(Cl)cc2c1OCC(=O)N2CCCOc1ccc(Cl)cc1. The highest BCUT2D eigenvalue weighted by Gasteiger charge is 2.29. The average molecular weight is 394 g/mol. The molecule has 7 heteroatoms. The van der Waals surface area contributed by atoms with Gasteiger partial charge in [0.15, 0.2) is 18.1 Å². The Kier molecular flexibility index (Phi) is 5.69. The van der Waals surface area contributed by atoms with E-state index in [-0.39, 0.29) is 18.3 Å². The maximum absolute atomic E-state index is 12.3. The molecule has 0 aromatic heterocycles. The van der Waals surface area contributed by atoms with Gasteiger partial charge in [-0.2, -0.15) is 0 Å². The highest BCUT2D eigenvalue weighted by molar-refractivity contribution is 6.31. The number of hydrogen-bond acceptors (Lipinski definition) is 4. The number of amides is 1. The lowest BCUT2D eigenvalue weighted by molar-refractivity contribution is -0.121. The van der Waals surface area contributed by atoms with Crippen LogP contribution in [0.3, 0.4) is 0 Å². The van der Waals surface area contributed by atoms with Crippen LogP contribution < -0.4 is 14.4 Å². The summed E-state index contributed by atoms with van der Waals surface area (Å²) in [6, 6.07) is 10.3. The number of ketones is 1. The first-order valence-electron chi connectivity index (χ1n) is 8.11. The second-order valence-electron chi connectivity index (χ2n) is 5.85. The Hall–Kier alpha value is -2.24. The highest BCUT2D eigenvalue weighted by Crippen LogP contribution is 2.38. The van der Waals surface area contributed by atoms with E-state index >= 15 is 0 Å². The minimum atomic E-state index is -0.180. The number of ether oxygens (including phenoxy) is 2. The van der Waals surface area contributed by atoms with E-state index in [0.717, 1.165) is 0 Å². The average Bonchev–Trinajstić information content (AvgIpc) is 2.61. The summed E-state index contributed by atoms with van der Waals surface area (Å²) in [5.74, 6) is 0.773. The van der Waals surface area contributed by atoms with Crippen LogP contribution in [0.15, 0.2) is 36.4 Å². The van der Waals surface area contributed by atoms with Gasteiger partial charge in [0, 0.05) is 16.6 Å². The second-order valence-corrected chi connectivity index (χ2v) is 6.72. The first-order chi connectivity index (χ1) is 12.5. The number of fused-ring (bicyclic) bond motifs is 1. The lowest BCUT2D eigenvalue weighted by Gasteiger charge is -2.30. The van der Waals surface area contributed by atoms with Crippen LogP contribution in [-0.2, 0) is 4.79 Å². The fourth-order valence-electron chi connectivity index (χ4n) is 2.73. The molecule has 0 N–H and O–H groups in total. The standard InChI is InChI=1S/C19H17Cl2NO4/c1-12(23)16-9-14(21)10-17-19(16)26-11-18(24)22(17)7-2-8-25-15-5-3-13(20)4-6-15/h3-6,9-10H,2,7-8,11H2,1H3. The molecular weight excluding hydrogens is 377 g/mol. The van der Waals surface area contributed by atoms with Crippen molar-refractivity contribution in [3.63, 3.8) is 0 Å². The van der Waals surface area contributed by atoms with Crippen molar-refractivity contribution in [1.29, 1.82) is 0 Å². The summed E-state index contributed by atoms with van der Waals surface area (Å²) in [7, 11) is 0. The van der Waals surface area contributed by atoms with Crippen LogP contribution in [0.25, 0.3) is 0 Å². The highest BCUT2D eigenvalue weighted by atomic mass is 35.5. The van der Waals surface area contributed by atoms with Crippen LogP contribution in [0.5, 0.6) is 11.5 Å². The third kappa shape index (κ3) is 4.11. The number of carbonyl (C=O) groups excluding carboxylic acids is 2. The van der Waals surface area contributed by atoms with Crippen LogP contribution in [0, 0.1) is 0 Å². The van der Waals surface area contributed by atoms with Crippen LogP contribution in [-0.4, -0.2) is 31.4 Å². The van der Waals surface area contributed by atoms with Gasteiger partial charge in [-0.25, -0.2) is 0 Å². The molecule has 0 fully saturated rings. The molecule has 0 aliphatic carbocycles. The summed E-state index contributed by atoms with van der Waals surface area (Å²) < 4.78 is 11.1. The summed E-state index contributed by atoms with van der Waals surface area (Å²) in [4.78, 5) is 25.7. The maximum Gasteiger partial charge on any atom is 0.265 e. The molecule has 26 heavy (non-hydrogen) atoms. The zero-order valence-electron chi connectivity index (χ0n) is 14.1. The number of hydrogen-bond donors (Lipinski definition) is 0. The van der Waals surface area contributed by atoms with Crippen molar-refractivity contribution in [3.05, 3.63) is 52.0 Å². The van der Waals surface area contributed by atoms with Gasteiger partial charge in [-0.3, -0.25) is 9.59 Å². The van der Waals surface area contributed by atoms with E-state index in [4.69, 9.17) is 32.7 Å². The number of anilines is 1. The van der Waals surface area contributed by atoms with E-state index in [1.807, 2.05) is 0 Å². The van der Waals surface area contributed by atoms with Crippen LogP contribution in [0.1, 0.15) is 23.7 Å². The minimum Gasteiger partial charge on any atom is -0.494 e. The summed E-state index contributed by atoms with van der Waals surface area (Å²) in [5, 5.41) is 1.03. The Labute approximate surface area is 161 Å². The van der Waals surface area contributed by atoms with Gasteiger partial charge in [0.1, 0.15) is 5.75 Å². The third-order valence-corrected chi connectivity index (χ3v) is 4.42. The minimum absolute atomic E-state index is 0.104. The number of carbonyl (C=O) groups is 2. The molecule has 2 aromatic rings. The van der Waals surface area contributed by atoms with Crippen LogP contribution in [0.4, 0.5) is 5.69 Å². The Bertz CT molecular complexity index is 836. The van der Waals surface area contributed by atoms with E-state index < -0.39 is 0 Å². The van der Waals surface area contributed by atoms with Crippen molar-refractivity contribution in [3.8, 4) is 11.5 Å². The Morgan fingerprint density at radius 3 is 2.62 bits per heavy atom. The normalized spacial score (nSPS) is 13.2. The monoisotopic (exact) mass is 393 g/mol. The van der Waals surface area contributed by atoms with Crippen LogP contribution in [0.2, 0.25) is 10.0 Å². The molecule has 1 aliphatic rings. The Balaban J connectivity index is 1.69. The molecule has 0 atom stereocenters. The fourth-order valence-corrected chi connectivity index (χ4v) is 3.07. The first kappa shape index (κ1) is 18.5. The molecule has 0 radical (unpaired) electrons. The van der Waals surface area contributed by atoms with Gasteiger partial charge >= 0.3 is 0 Å². The topological polar surface area (TPSA) is 55.8 Å². The number of nitrogens with zero attached hydrogens (tertiary/aromatic N) is 1. The number of Topliss-reactive ketones (excluding diaryl/α,β-unsaturated/α-hetero) is 1. The van der Waals surface area contributed by atoms with E-state index in [9.17, 15) is 9.59 Å². The Morgan fingerprint density at radius 2 is 1.92 bits per heavy atom. The molecular formula is C19H17Cl2NO4. The molecule has 0 unspecified atom stereocenters. The second kappa shape index (κ2) is 7.98. The van der Waals surface area contributed by atoms with E-state index in [1.54, 1.807) is 41.3 Å². The largest absolute Gasteiger partial charge is 0.494 e. The van der Waals surface area contributed by atoms with Crippen molar-refractivity contribution >= 4 is 40.6 Å². The summed E-state index contributed by atoms with van der Waals surface area (Å²) in [5.41, 5.74) is 0.896. The zero-order chi connectivity index (χ0) is 18.7.